The van der Waals surface area contributed by atoms with E-state index in [2.05, 4.69) is 0 Å². The number of hydrogen-bond donors (Lipinski definition) is 1. The Balaban J connectivity index is 1.57. The lowest BCUT2D eigenvalue weighted by atomic mass is 10.1. The third-order valence-electron chi connectivity index (χ3n) is 5.35. The monoisotopic (exact) mass is 473 g/mol. The molecule has 0 aliphatic rings. The fourth-order valence-electron chi connectivity index (χ4n) is 3.51. The van der Waals surface area contributed by atoms with E-state index in [1.807, 2.05) is 0 Å². The molecule has 0 aromatic heterocycles. The van der Waals surface area contributed by atoms with Crippen LogP contribution in [0.25, 0.3) is 0 Å². The third kappa shape index (κ3) is 5.89. The SMILES string of the molecule is O=C(O)c1ccc(CN(Cc2ccccc2F)C(=O)c2ccc(Oc3ccccc3F)cc2)cc1. The van der Waals surface area contributed by atoms with Crippen LogP contribution in [0.15, 0.2) is 97.1 Å². The quantitative estimate of drug-likeness (QED) is 0.326. The van der Waals surface area contributed by atoms with Crippen LogP contribution in [0.4, 0.5) is 8.78 Å². The maximum atomic E-state index is 14.3. The summed E-state index contributed by atoms with van der Waals surface area (Å²) >= 11 is 0. The number of para-hydroxylation sites is 1. The molecule has 4 aromatic carbocycles. The number of carboxylic acid groups (broad SMARTS) is 1. The number of rotatable bonds is 8. The molecule has 35 heavy (non-hydrogen) atoms. The van der Waals surface area contributed by atoms with E-state index in [1.165, 1.54) is 35.2 Å². The van der Waals surface area contributed by atoms with Gasteiger partial charge in [0.25, 0.3) is 5.91 Å². The molecule has 1 N–H and O–H groups in total. The van der Waals surface area contributed by atoms with Crippen molar-refractivity contribution in [3.05, 3.63) is 131 Å². The first-order valence-electron chi connectivity index (χ1n) is 10.8. The van der Waals surface area contributed by atoms with Crippen LogP contribution in [-0.4, -0.2) is 21.9 Å². The van der Waals surface area contributed by atoms with E-state index in [-0.39, 0.29) is 30.3 Å². The first-order valence-corrected chi connectivity index (χ1v) is 10.8. The molecule has 4 aromatic rings. The number of hydrogen-bond acceptors (Lipinski definition) is 3. The Hall–Kier alpha value is -4.52. The summed E-state index contributed by atoms with van der Waals surface area (Å²) in [7, 11) is 0. The van der Waals surface area contributed by atoms with E-state index in [9.17, 15) is 18.4 Å². The second-order valence-electron chi connectivity index (χ2n) is 7.81. The van der Waals surface area contributed by atoms with Gasteiger partial charge >= 0.3 is 5.97 Å². The molecule has 0 bridgehead atoms. The van der Waals surface area contributed by atoms with Crippen LogP contribution >= 0.6 is 0 Å². The van der Waals surface area contributed by atoms with Gasteiger partial charge in [0.2, 0.25) is 0 Å². The highest BCUT2D eigenvalue weighted by Crippen LogP contribution is 2.25. The molecule has 0 heterocycles. The van der Waals surface area contributed by atoms with Crippen molar-refractivity contribution in [1.29, 1.82) is 0 Å². The van der Waals surface area contributed by atoms with E-state index >= 15 is 0 Å². The van der Waals surface area contributed by atoms with E-state index < -0.39 is 17.6 Å². The van der Waals surface area contributed by atoms with E-state index in [0.717, 1.165) is 0 Å². The second-order valence-corrected chi connectivity index (χ2v) is 7.81. The zero-order valence-corrected chi connectivity index (χ0v) is 18.5. The Kier molecular flexibility index (Phi) is 7.16. The van der Waals surface area contributed by atoms with Crippen molar-refractivity contribution in [3.63, 3.8) is 0 Å². The summed E-state index contributed by atoms with van der Waals surface area (Å²) in [5.41, 5.74) is 1.51. The molecule has 4 rings (SSSR count). The van der Waals surface area contributed by atoms with Crippen molar-refractivity contribution in [3.8, 4) is 11.5 Å². The van der Waals surface area contributed by atoms with Gasteiger partial charge in [0.15, 0.2) is 11.6 Å². The van der Waals surface area contributed by atoms with Gasteiger partial charge in [-0.05, 0) is 60.2 Å². The molecule has 0 aliphatic heterocycles. The van der Waals surface area contributed by atoms with Gasteiger partial charge in [-0.2, -0.15) is 0 Å². The second kappa shape index (κ2) is 10.6. The lowest BCUT2D eigenvalue weighted by Gasteiger charge is -2.24. The lowest BCUT2D eigenvalue weighted by Crippen LogP contribution is -2.30. The highest BCUT2D eigenvalue weighted by Gasteiger charge is 2.19. The highest BCUT2D eigenvalue weighted by atomic mass is 19.1. The molecule has 0 atom stereocenters. The van der Waals surface area contributed by atoms with E-state index in [1.54, 1.807) is 66.7 Å². The molecule has 5 nitrogen and oxygen atoms in total. The summed E-state index contributed by atoms with van der Waals surface area (Å²) in [4.78, 5) is 26.0. The summed E-state index contributed by atoms with van der Waals surface area (Å²) in [6.07, 6.45) is 0. The van der Waals surface area contributed by atoms with Crippen molar-refractivity contribution in [2.45, 2.75) is 13.1 Å². The largest absolute Gasteiger partial charge is 0.478 e. The summed E-state index contributed by atoms with van der Waals surface area (Å²) in [5, 5.41) is 9.11. The molecular weight excluding hydrogens is 452 g/mol. The predicted molar refractivity (Wildman–Crippen MR) is 126 cm³/mol. The Labute approximate surface area is 200 Å². The van der Waals surface area contributed by atoms with Gasteiger partial charge in [-0.25, -0.2) is 13.6 Å². The Morgan fingerprint density at radius 3 is 1.94 bits per heavy atom. The van der Waals surface area contributed by atoms with Crippen LogP contribution < -0.4 is 4.74 Å². The molecule has 1 amide bonds. The lowest BCUT2D eigenvalue weighted by molar-refractivity contribution is 0.0693. The fraction of sp³-hybridized carbons (Fsp3) is 0.0714. The molecule has 0 saturated carbocycles. The topological polar surface area (TPSA) is 66.8 Å². The van der Waals surface area contributed by atoms with Gasteiger partial charge in [0.05, 0.1) is 5.56 Å². The number of halogens is 2. The molecule has 0 unspecified atom stereocenters. The normalized spacial score (nSPS) is 10.6. The van der Waals surface area contributed by atoms with Crippen molar-refractivity contribution < 1.29 is 28.2 Å². The van der Waals surface area contributed by atoms with Gasteiger partial charge < -0.3 is 14.7 Å². The maximum Gasteiger partial charge on any atom is 0.335 e. The molecule has 0 radical (unpaired) electrons. The first kappa shape index (κ1) is 23.6. The molecule has 0 spiro atoms. The van der Waals surface area contributed by atoms with Gasteiger partial charge in [-0.15, -0.1) is 0 Å². The van der Waals surface area contributed by atoms with E-state index in [0.29, 0.717) is 22.4 Å². The minimum atomic E-state index is -1.05. The highest BCUT2D eigenvalue weighted by molar-refractivity contribution is 5.94. The Bertz CT molecular complexity index is 1340. The molecule has 0 fully saturated rings. The van der Waals surface area contributed by atoms with Crippen LogP contribution in [0.2, 0.25) is 0 Å². The number of carbonyl (C=O) groups is 2. The van der Waals surface area contributed by atoms with Gasteiger partial charge in [0, 0.05) is 24.2 Å². The first-order chi connectivity index (χ1) is 16.9. The average molecular weight is 473 g/mol. The number of aromatic carboxylic acids is 1. The molecule has 0 saturated heterocycles. The zero-order valence-electron chi connectivity index (χ0n) is 18.5. The number of benzene rings is 4. The van der Waals surface area contributed by atoms with Crippen molar-refractivity contribution >= 4 is 11.9 Å². The van der Waals surface area contributed by atoms with Crippen molar-refractivity contribution in [1.82, 2.24) is 4.90 Å². The summed E-state index contributed by atoms with van der Waals surface area (Å²) < 4.78 is 33.7. The summed E-state index contributed by atoms with van der Waals surface area (Å²) in [5.74, 6) is -1.91. The van der Waals surface area contributed by atoms with Crippen LogP contribution in [0.5, 0.6) is 11.5 Å². The number of carboxylic acids is 1. The summed E-state index contributed by atoms with van der Waals surface area (Å²) in [6, 6.07) is 24.6. The van der Waals surface area contributed by atoms with Crippen molar-refractivity contribution in [2.75, 3.05) is 0 Å². The maximum absolute atomic E-state index is 14.3. The number of carbonyl (C=O) groups excluding carboxylic acids is 1. The molecule has 7 heteroatoms. The average Bonchev–Trinajstić information content (AvgIpc) is 2.86. The van der Waals surface area contributed by atoms with Crippen molar-refractivity contribution in [2.24, 2.45) is 0 Å². The molecule has 176 valence electrons. The summed E-state index contributed by atoms with van der Waals surface area (Å²) in [6.45, 7) is 0.153. The number of amides is 1. The number of ether oxygens (including phenoxy) is 1. The third-order valence-corrected chi connectivity index (χ3v) is 5.35. The Morgan fingerprint density at radius 2 is 1.31 bits per heavy atom. The van der Waals surface area contributed by atoms with Crippen LogP contribution in [-0.2, 0) is 13.1 Å². The fourth-order valence-corrected chi connectivity index (χ4v) is 3.51. The standard InChI is InChI=1S/C28H21F2NO4/c29-24-6-2-1-5-22(24)18-31(17-19-9-11-21(12-10-19)28(33)34)27(32)20-13-15-23(16-14-20)35-26-8-4-3-7-25(26)30/h1-16H,17-18H2,(H,33,34). The zero-order chi connectivity index (χ0) is 24.8. The predicted octanol–water partition coefficient (Wildman–Crippen LogP) is 6.30. The Morgan fingerprint density at radius 1 is 0.714 bits per heavy atom. The van der Waals surface area contributed by atoms with E-state index in [4.69, 9.17) is 9.84 Å². The van der Waals surface area contributed by atoms with Crippen LogP contribution in [0, 0.1) is 11.6 Å². The minimum absolute atomic E-state index is 0.0136. The molecular formula is C28H21F2NO4. The number of nitrogens with zero attached hydrogens (tertiary/aromatic N) is 1. The smallest absolute Gasteiger partial charge is 0.335 e. The van der Waals surface area contributed by atoms with Crippen LogP contribution in [0.3, 0.4) is 0 Å². The van der Waals surface area contributed by atoms with Crippen LogP contribution in [0.1, 0.15) is 31.8 Å². The van der Waals surface area contributed by atoms with Gasteiger partial charge in [-0.3, -0.25) is 4.79 Å². The van der Waals surface area contributed by atoms with Gasteiger partial charge in [0.1, 0.15) is 11.6 Å². The minimum Gasteiger partial charge on any atom is -0.478 e. The molecule has 0 aliphatic carbocycles. The van der Waals surface area contributed by atoms with Gasteiger partial charge in [-0.1, -0.05) is 42.5 Å².